The van der Waals surface area contributed by atoms with Crippen LogP contribution in [0.3, 0.4) is 0 Å². The number of para-hydroxylation sites is 1. The quantitative estimate of drug-likeness (QED) is 0.517. The zero-order valence-electron chi connectivity index (χ0n) is 19.1. The third-order valence-electron chi connectivity index (χ3n) is 5.70. The Bertz CT molecular complexity index is 1180. The highest BCUT2D eigenvalue weighted by Gasteiger charge is 2.34. The Kier molecular flexibility index (Phi) is 6.92. The van der Waals surface area contributed by atoms with Crippen molar-refractivity contribution in [1.29, 1.82) is 0 Å². The van der Waals surface area contributed by atoms with Crippen molar-refractivity contribution in [2.45, 2.75) is 25.9 Å². The van der Waals surface area contributed by atoms with E-state index in [0.29, 0.717) is 22.7 Å². The maximum Gasteiger partial charge on any atom is 0.265 e. The molecule has 1 heterocycles. The van der Waals surface area contributed by atoms with E-state index >= 15 is 0 Å². The highest BCUT2D eigenvalue weighted by atomic mass is 16.5. The molecule has 174 valence electrons. The molecule has 1 aliphatic heterocycles. The van der Waals surface area contributed by atoms with Gasteiger partial charge in [-0.25, -0.2) is 0 Å². The average Bonchev–Trinajstić information content (AvgIpc) is 2.87. The van der Waals surface area contributed by atoms with Crippen LogP contribution >= 0.6 is 0 Å². The van der Waals surface area contributed by atoms with Crippen molar-refractivity contribution < 1.29 is 23.9 Å². The summed E-state index contributed by atoms with van der Waals surface area (Å²) in [6, 6.07) is 22.5. The van der Waals surface area contributed by atoms with Crippen molar-refractivity contribution in [2.24, 2.45) is 0 Å². The Morgan fingerprint density at radius 3 is 2.38 bits per heavy atom. The first-order chi connectivity index (χ1) is 16.4. The number of Topliss-reactive ketones (excluding diaryl/α,β-unsaturated/α-hetero) is 1. The standard InChI is InChI=1S/C27H26N2O5/c1-18(20-9-5-3-6-10-20)28-27(32)19(2)29-23-15-21(13-14-25(23)34-17-26(29)31)24(30)16-33-22-11-7-4-8-12-22/h3-15,18-19H,16-17H2,1-2H3,(H,28,32). The minimum Gasteiger partial charge on any atom is -0.485 e. The van der Waals surface area contributed by atoms with Crippen LogP contribution < -0.4 is 19.7 Å². The zero-order chi connectivity index (χ0) is 24.1. The van der Waals surface area contributed by atoms with E-state index in [4.69, 9.17) is 9.47 Å². The first kappa shape index (κ1) is 23.0. The fourth-order valence-electron chi connectivity index (χ4n) is 3.79. The van der Waals surface area contributed by atoms with Gasteiger partial charge < -0.3 is 14.8 Å². The summed E-state index contributed by atoms with van der Waals surface area (Å²) in [5, 5.41) is 2.96. The number of carbonyl (C=O) groups is 3. The molecule has 7 heteroatoms. The molecule has 34 heavy (non-hydrogen) atoms. The monoisotopic (exact) mass is 458 g/mol. The Hall–Kier alpha value is -4.13. The molecule has 0 saturated carbocycles. The van der Waals surface area contributed by atoms with Gasteiger partial charge >= 0.3 is 0 Å². The predicted molar refractivity (Wildman–Crippen MR) is 128 cm³/mol. The molecule has 3 aromatic rings. The topological polar surface area (TPSA) is 84.9 Å². The molecular weight excluding hydrogens is 432 g/mol. The molecular formula is C27H26N2O5. The Labute approximate surface area is 198 Å². The van der Waals surface area contributed by atoms with Crippen molar-refractivity contribution in [3.63, 3.8) is 0 Å². The first-order valence-corrected chi connectivity index (χ1v) is 11.1. The number of amides is 2. The molecule has 4 rings (SSSR count). The zero-order valence-corrected chi connectivity index (χ0v) is 19.1. The number of benzene rings is 3. The molecule has 0 bridgehead atoms. The number of carbonyl (C=O) groups excluding carboxylic acids is 3. The summed E-state index contributed by atoms with van der Waals surface area (Å²) in [6.45, 7) is 3.22. The number of nitrogens with zero attached hydrogens (tertiary/aromatic N) is 1. The molecule has 0 aliphatic carbocycles. The lowest BCUT2D eigenvalue weighted by molar-refractivity contribution is -0.127. The summed E-state index contributed by atoms with van der Waals surface area (Å²) in [7, 11) is 0. The van der Waals surface area contributed by atoms with E-state index in [-0.39, 0.29) is 36.9 Å². The predicted octanol–water partition coefficient (Wildman–Crippen LogP) is 3.94. The molecule has 1 N–H and O–H groups in total. The molecule has 0 saturated heterocycles. The van der Waals surface area contributed by atoms with E-state index in [0.717, 1.165) is 5.56 Å². The number of fused-ring (bicyclic) bond motifs is 1. The number of hydrogen-bond donors (Lipinski definition) is 1. The second-order valence-corrected chi connectivity index (χ2v) is 8.08. The minimum atomic E-state index is -0.799. The normalized spacial score (nSPS) is 14.4. The fourth-order valence-corrected chi connectivity index (χ4v) is 3.79. The SMILES string of the molecule is CC(NC(=O)C(C)N1C(=O)COc2ccc(C(=O)COc3ccccc3)cc21)c1ccccc1. The molecule has 2 amide bonds. The van der Waals surface area contributed by atoms with E-state index in [9.17, 15) is 14.4 Å². The van der Waals surface area contributed by atoms with Crippen molar-refractivity contribution >= 4 is 23.3 Å². The van der Waals surface area contributed by atoms with Crippen LogP contribution in [0.2, 0.25) is 0 Å². The lowest BCUT2D eigenvalue weighted by Crippen LogP contribution is -2.51. The molecule has 0 radical (unpaired) electrons. The van der Waals surface area contributed by atoms with Crippen LogP contribution in [0.5, 0.6) is 11.5 Å². The molecule has 2 atom stereocenters. The van der Waals surface area contributed by atoms with E-state index in [1.807, 2.05) is 55.5 Å². The van der Waals surface area contributed by atoms with E-state index in [2.05, 4.69) is 5.32 Å². The van der Waals surface area contributed by atoms with E-state index in [1.165, 1.54) is 4.90 Å². The van der Waals surface area contributed by atoms with Crippen molar-refractivity contribution in [3.8, 4) is 11.5 Å². The third-order valence-corrected chi connectivity index (χ3v) is 5.70. The summed E-state index contributed by atoms with van der Waals surface area (Å²) in [5.74, 6) is 0.122. The lowest BCUT2D eigenvalue weighted by Gasteiger charge is -2.34. The molecule has 3 aromatic carbocycles. The third kappa shape index (κ3) is 5.09. The van der Waals surface area contributed by atoms with Crippen LogP contribution in [-0.2, 0) is 9.59 Å². The molecule has 0 aromatic heterocycles. The van der Waals surface area contributed by atoms with Gasteiger partial charge in [-0.1, -0.05) is 48.5 Å². The second-order valence-electron chi connectivity index (χ2n) is 8.08. The summed E-state index contributed by atoms with van der Waals surface area (Å²) >= 11 is 0. The largest absolute Gasteiger partial charge is 0.485 e. The number of rotatable bonds is 8. The van der Waals surface area contributed by atoms with Crippen molar-refractivity contribution in [1.82, 2.24) is 5.32 Å². The minimum absolute atomic E-state index is 0.151. The van der Waals surface area contributed by atoms with Gasteiger partial charge in [0, 0.05) is 5.56 Å². The Morgan fingerprint density at radius 2 is 1.68 bits per heavy atom. The summed E-state index contributed by atoms with van der Waals surface area (Å²) in [6.07, 6.45) is 0. The van der Waals surface area contributed by atoms with Gasteiger partial charge in [-0.05, 0) is 49.7 Å². The van der Waals surface area contributed by atoms with Crippen molar-refractivity contribution in [2.75, 3.05) is 18.1 Å². The summed E-state index contributed by atoms with van der Waals surface area (Å²) in [4.78, 5) is 39.9. The maximum atomic E-state index is 13.0. The van der Waals surface area contributed by atoms with Gasteiger partial charge in [0.1, 0.15) is 17.5 Å². The average molecular weight is 459 g/mol. The van der Waals surface area contributed by atoms with Crippen molar-refractivity contribution in [3.05, 3.63) is 90.0 Å². The van der Waals surface area contributed by atoms with Crippen LogP contribution in [0.15, 0.2) is 78.9 Å². The van der Waals surface area contributed by atoms with Gasteiger partial charge in [0.2, 0.25) is 5.91 Å². The van der Waals surface area contributed by atoms with Crippen LogP contribution in [0.25, 0.3) is 0 Å². The number of ketones is 1. The molecule has 1 aliphatic rings. The van der Waals surface area contributed by atoms with E-state index in [1.54, 1.807) is 37.3 Å². The van der Waals surface area contributed by atoms with Crippen LogP contribution in [0.4, 0.5) is 5.69 Å². The highest BCUT2D eigenvalue weighted by molar-refractivity contribution is 6.05. The Morgan fingerprint density at radius 1 is 1.00 bits per heavy atom. The number of ether oxygens (including phenoxy) is 2. The fraction of sp³-hybridized carbons (Fsp3) is 0.222. The van der Waals surface area contributed by atoms with E-state index < -0.39 is 6.04 Å². The van der Waals surface area contributed by atoms with Gasteiger partial charge in [-0.15, -0.1) is 0 Å². The maximum absolute atomic E-state index is 13.0. The Balaban J connectivity index is 1.51. The van der Waals surface area contributed by atoms with Gasteiger partial charge in [0.25, 0.3) is 5.91 Å². The second kappa shape index (κ2) is 10.2. The van der Waals surface area contributed by atoms with Crippen LogP contribution in [-0.4, -0.2) is 36.9 Å². The first-order valence-electron chi connectivity index (χ1n) is 11.1. The van der Waals surface area contributed by atoms with Gasteiger partial charge in [-0.2, -0.15) is 0 Å². The molecule has 7 nitrogen and oxygen atoms in total. The smallest absolute Gasteiger partial charge is 0.265 e. The van der Waals surface area contributed by atoms with Gasteiger partial charge in [0.15, 0.2) is 19.0 Å². The van der Waals surface area contributed by atoms with Crippen LogP contribution in [0, 0.1) is 0 Å². The molecule has 2 unspecified atom stereocenters. The summed E-state index contributed by atoms with van der Waals surface area (Å²) < 4.78 is 11.1. The van der Waals surface area contributed by atoms with Gasteiger partial charge in [-0.3, -0.25) is 19.3 Å². The highest BCUT2D eigenvalue weighted by Crippen LogP contribution is 2.34. The summed E-state index contributed by atoms with van der Waals surface area (Å²) in [5.41, 5.74) is 1.71. The van der Waals surface area contributed by atoms with Crippen LogP contribution in [0.1, 0.15) is 35.8 Å². The lowest BCUT2D eigenvalue weighted by atomic mass is 10.1. The number of nitrogens with one attached hydrogen (secondary N) is 1. The molecule has 0 spiro atoms. The van der Waals surface area contributed by atoms with Gasteiger partial charge in [0.05, 0.1) is 11.7 Å². The number of hydrogen-bond acceptors (Lipinski definition) is 5. The number of anilines is 1. The molecule has 0 fully saturated rings.